The number of rotatable bonds is 8. The minimum atomic E-state index is -0.223. The van der Waals surface area contributed by atoms with E-state index in [2.05, 4.69) is 24.1 Å². The van der Waals surface area contributed by atoms with E-state index in [-0.39, 0.29) is 24.2 Å². The predicted octanol–water partition coefficient (Wildman–Crippen LogP) is 3.48. The van der Waals surface area contributed by atoms with E-state index in [1.807, 2.05) is 28.8 Å². The molecule has 0 fully saturated rings. The number of carbonyl (C=O) groups is 2. The van der Waals surface area contributed by atoms with Crippen molar-refractivity contribution < 1.29 is 14.3 Å². The van der Waals surface area contributed by atoms with Crippen molar-refractivity contribution in [3.05, 3.63) is 35.5 Å². The van der Waals surface area contributed by atoms with E-state index in [1.54, 1.807) is 14.2 Å². The van der Waals surface area contributed by atoms with Crippen molar-refractivity contribution in [2.75, 3.05) is 24.4 Å². The Hall–Kier alpha value is -2.83. The van der Waals surface area contributed by atoms with Crippen LogP contribution in [0.1, 0.15) is 55.6 Å². The lowest BCUT2D eigenvalue weighted by Crippen LogP contribution is -2.35. The number of nitrogens with one attached hydrogen (secondary N) is 1. The van der Waals surface area contributed by atoms with Crippen LogP contribution in [0, 0.1) is 0 Å². The Labute approximate surface area is 165 Å². The van der Waals surface area contributed by atoms with Crippen LogP contribution in [0.3, 0.4) is 0 Å². The van der Waals surface area contributed by atoms with Crippen LogP contribution < -0.4 is 15.0 Å². The first-order chi connectivity index (χ1) is 13.5. The van der Waals surface area contributed by atoms with Gasteiger partial charge in [-0.2, -0.15) is 4.98 Å². The predicted molar refractivity (Wildman–Crippen MR) is 109 cm³/mol. The zero-order valence-electron chi connectivity index (χ0n) is 17.0. The first kappa shape index (κ1) is 19.9. The number of hydrogen-bond donors (Lipinski definition) is 1. The van der Waals surface area contributed by atoms with E-state index in [0.29, 0.717) is 24.0 Å². The summed E-state index contributed by atoms with van der Waals surface area (Å²) in [6.07, 6.45) is 2.90. The lowest BCUT2D eigenvalue weighted by molar-refractivity contribution is -0.117. The number of fused-ring (bicyclic) bond motifs is 1. The molecule has 1 amide bonds. The summed E-state index contributed by atoms with van der Waals surface area (Å²) in [4.78, 5) is 30.9. The molecular weight excluding hydrogens is 356 g/mol. The number of ketones is 1. The monoisotopic (exact) mass is 384 g/mol. The Kier molecular flexibility index (Phi) is 6.02. The van der Waals surface area contributed by atoms with Crippen LogP contribution in [-0.2, 0) is 11.3 Å². The van der Waals surface area contributed by atoms with Gasteiger partial charge >= 0.3 is 0 Å². The van der Waals surface area contributed by atoms with Gasteiger partial charge in [0, 0.05) is 13.1 Å². The Morgan fingerprint density at radius 3 is 2.54 bits per heavy atom. The summed E-state index contributed by atoms with van der Waals surface area (Å²) in [6, 6.07) is 8.01. The molecule has 1 N–H and O–H groups in total. The molecule has 0 aliphatic carbocycles. The minimum absolute atomic E-state index is 0.122. The van der Waals surface area contributed by atoms with E-state index in [4.69, 9.17) is 4.74 Å². The van der Waals surface area contributed by atoms with Gasteiger partial charge < -0.3 is 14.6 Å². The van der Waals surface area contributed by atoms with E-state index in [1.165, 1.54) is 4.90 Å². The zero-order valence-corrected chi connectivity index (χ0v) is 17.0. The fourth-order valence-electron chi connectivity index (χ4n) is 3.49. The molecule has 150 valence electrons. The lowest BCUT2D eigenvalue weighted by atomic mass is 10.1. The van der Waals surface area contributed by atoms with Gasteiger partial charge in [-0.15, -0.1) is 0 Å². The molecule has 7 heteroatoms. The van der Waals surface area contributed by atoms with Crippen molar-refractivity contribution >= 4 is 23.5 Å². The molecule has 0 spiro atoms. The summed E-state index contributed by atoms with van der Waals surface area (Å²) in [5.41, 5.74) is 1.52. The molecule has 0 saturated heterocycles. The van der Waals surface area contributed by atoms with Crippen molar-refractivity contribution in [3.63, 3.8) is 0 Å². The van der Waals surface area contributed by atoms with Crippen LogP contribution in [-0.4, -0.2) is 41.4 Å². The van der Waals surface area contributed by atoms with E-state index in [0.717, 1.165) is 30.6 Å². The molecule has 1 unspecified atom stereocenters. The maximum atomic E-state index is 12.7. The van der Waals surface area contributed by atoms with Gasteiger partial charge in [-0.05, 0) is 30.5 Å². The Morgan fingerprint density at radius 1 is 1.21 bits per heavy atom. The number of imidazole rings is 1. The van der Waals surface area contributed by atoms with Crippen molar-refractivity contribution in [1.82, 2.24) is 9.55 Å². The summed E-state index contributed by atoms with van der Waals surface area (Å²) in [5.74, 6) is 1.44. The van der Waals surface area contributed by atoms with Gasteiger partial charge in [-0.25, -0.2) is 0 Å². The highest BCUT2D eigenvalue weighted by Gasteiger charge is 2.34. The Morgan fingerprint density at radius 2 is 1.93 bits per heavy atom. The second kappa shape index (κ2) is 8.46. The number of nitrogens with zero attached hydrogens (tertiary/aromatic N) is 3. The van der Waals surface area contributed by atoms with Gasteiger partial charge in [0.2, 0.25) is 11.9 Å². The number of amides is 1. The Bertz CT molecular complexity index is 857. The molecule has 2 aromatic rings. The molecule has 28 heavy (non-hydrogen) atoms. The second-order valence-electron chi connectivity index (χ2n) is 7.13. The first-order valence-electron chi connectivity index (χ1n) is 9.78. The Balaban J connectivity index is 2.02. The largest absolute Gasteiger partial charge is 0.497 e. The number of carbonyl (C=O) groups excluding carboxylic acids is 2. The van der Waals surface area contributed by atoms with Crippen molar-refractivity contribution in [2.24, 2.45) is 0 Å². The fraction of sp³-hybridized carbons (Fsp3) is 0.476. The van der Waals surface area contributed by atoms with Gasteiger partial charge in [-0.3, -0.25) is 14.5 Å². The summed E-state index contributed by atoms with van der Waals surface area (Å²) >= 11 is 0. The number of benzene rings is 1. The summed E-state index contributed by atoms with van der Waals surface area (Å²) in [7, 11) is 3.30. The van der Waals surface area contributed by atoms with E-state index >= 15 is 0 Å². The molecule has 0 bridgehead atoms. The highest BCUT2D eigenvalue weighted by Crippen LogP contribution is 2.31. The zero-order chi connectivity index (χ0) is 20.3. The van der Waals surface area contributed by atoms with E-state index in [9.17, 15) is 9.59 Å². The summed E-state index contributed by atoms with van der Waals surface area (Å²) < 4.78 is 7.13. The van der Waals surface area contributed by atoms with Crippen LogP contribution in [0.15, 0.2) is 24.3 Å². The maximum absolute atomic E-state index is 12.7. The lowest BCUT2D eigenvalue weighted by Gasteiger charge is -2.22. The molecule has 1 aliphatic rings. The smallest absolute Gasteiger partial charge is 0.235 e. The average Bonchev–Trinajstić information content (AvgIpc) is 3.05. The molecule has 1 atom stereocenters. The highest BCUT2D eigenvalue weighted by atomic mass is 16.5. The molecule has 1 aromatic heterocycles. The van der Waals surface area contributed by atoms with Crippen LogP contribution >= 0.6 is 0 Å². The summed E-state index contributed by atoms with van der Waals surface area (Å²) in [6.45, 7) is 4.77. The van der Waals surface area contributed by atoms with Crippen molar-refractivity contribution in [2.45, 2.75) is 52.1 Å². The third kappa shape index (κ3) is 3.88. The van der Waals surface area contributed by atoms with Gasteiger partial charge in [0.25, 0.3) is 0 Å². The third-order valence-corrected chi connectivity index (χ3v) is 5.18. The third-order valence-electron chi connectivity index (χ3n) is 5.18. The SMILES string of the molecule is CCCC(CC)Nc1nc2c(n1Cc1ccc(OC)cc1)C(=O)CC(=O)N2C. The average molecular weight is 384 g/mol. The van der Waals surface area contributed by atoms with Gasteiger partial charge in [0.05, 0.1) is 20.1 Å². The fourth-order valence-corrected chi connectivity index (χ4v) is 3.49. The van der Waals surface area contributed by atoms with Crippen molar-refractivity contribution in [1.29, 1.82) is 0 Å². The molecule has 0 saturated carbocycles. The molecule has 1 aliphatic heterocycles. The number of hydrogen-bond acceptors (Lipinski definition) is 5. The van der Waals surface area contributed by atoms with Crippen molar-refractivity contribution in [3.8, 4) is 5.75 Å². The van der Waals surface area contributed by atoms with Gasteiger partial charge in [0.1, 0.15) is 11.4 Å². The standard InChI is InChI=1S/C21H28N4O3/c1-5-7-15(6-2)22-21-23-20-19(17(26)12-18(27)24(20)3)25(21)13-14-8-10-16(28-4)11-9-14/h8-11,15H,5-7,12-13H2,1-4H3,(H,22,23). The number of anilines is 2. The number of aromatic nitrogens is 2. The van der Waals surface area contributed by atoms with Crippen LogP contribution in [0.2, 0.25) is 0 Å². The molecule has 1 aromatic carbocycles. The molecule has 3 rings (SSSR count). The van der Waals surface area contributed by atoms with Crippen LogP contribution in [0.5, 0.6) is 5.75 Å². The highest BCUT2D eigenvalue weighted by molar-refractivity contribution is 6.18. The second-order valence-corrected chi connectivity index (χ2v) is 7.13. The number of ether oxygens (including phenoxy) is 1. The molecule has 7 nitrogen and oxygen atoms in total. The minimum Gasteiger partial charge on any atom is -0.497 e. The van der Waals surface area contributed by atoms with Gasteiger partial charge in [0.15, 0.2) is 11.6 Å². The number of methoxy groups -OCH3 is 1. The first-order valence-corrected chi connectivity index (χ1v) is 9.78. The van der Waals surface area contributed by atoms with Gasteiger partial charge in [-0.1, -0.05) is 32.4 Å². The molecule has 2 heterocycles. The summed E-state index contributed by atoms with van der Waals surface area (Å²) in [5, 5.41) is 3.49. The van der Waals surface area contributed by atoms with Crippen LogP contribution in [0.4, 0.5) is 11.8 Å². The van der Waals surface area contributed by atoms with Crippen LogP contribution in [0.25, 0.3) is 0 Å². The number of Topliss-reactive ketones (excluding diaryl/α,β-unsaturated/α-hetero) is 1. The topological polar surface area (TPSA) is 76.5 Å². The molecular formula is C21H28N4O3. The normalized spacial score (nSPS) is 14.8. The van der Waals surface area contributed by atoms with E-state index < -0.39 is 0 Å². The quantitative estimate of drug-likeness (QED) is 0.705. The maximum Gasteiger partial charge on any atom is 0.235 e. The molecule has 0 radical (unpaired) electrons.